The van der Waals surface area contributed by atoms with Gasteiger partial charge in [-0.2, -0.15) is 0 Å². The number of anilines is 1. The number of nitrogens with one attached hydrogen (secondary N) is 2. The fourth-order valence-corrected chi connectivity index (χ4v) is 3.00. The first-order valence-electron chi connectivity index (χ1n) is 9.22. The summed E-state index contributed by atoms with van der Waals surface area (Å²) in [6, 6.07) is 13.8. The summed E-state index contributed by atoms with van der Waals surface area (Å²) in [6.45, 7) is 2.14. The Morgan fingerprint density at radius 2 is 1.93 bits per heavy atom. The largest absolute Gasteiger partial charge is 0.451 e. The van der Waals surface area contributed by atoms with Crippen LogP contribution in [0.25, 0.3) is 11.0 Å². The van der Waals surface area contributed by atoms with Gasteiger partial charge in [0.15, 0.2) is 11.2 Å². The van der Waals surface area contributed by atoms with Crippen LogP contribution < -0.4 is 16.1 Å². The Balaban J connectivity index is 1.45. The molecule has 142 valence electrons. The molecule has 6 nitrogen and oxygen atoms in total. The molecule has 3 aromatic rings. The van der Waals surface area contributed by atoms with Gasteiger partial charge in [-0.15, -0.1) is 0 Å². The van der Waals surface area contributed by atoms with Gasteiger partial charge >= 0.3 is 0 Å². The Kier molecular flexibility index (Phi) is 4.69. The highest BCUT2D eigenvalue weighted by molar-refractivity contribution is 5.94. The van der Waals surface area contributed by atoms with E-state index in [1.807, 2.05) is 37.3 Å². The molecule has 0 bridgehead atoms. The molecule has 4 rings (SSSR count). The van der Waals surface area contributed by atoms with Gasteiger partial charge in [-0.1, -0.05) is 23.8 Å². The molecule has 0 unspecified atom stereocenters. The second-order valence-corrected chi connectivity index (χ2v) is 7.12. The van der Waals surface area contributed by atoms with E-state index in [9.17, 15) is 14.4 Å². The molecule has 2 N–H and O–H groups in total. The third-order valence-corrected chi connectivity index (χ3v) is 4.70. The van der Waals surface area contributed by atoms with Crippen molar-refractivity contribution in [3.63, 3.8) is 0 Å². The van der Waals surface area contributed by atoms with E-state index in [1.54, 1.807) is 12.1 Å². The number of amides is 2. The van der Waals surface area contributed by atoms with Gasteiger partial charge in [0.2, 0.25) is 5.91 Å². The fourth-order valence-electron chi connectivity index (χ4n) is 3.00. The van der Waals surface area contributed by atoms with Crippen LogP contribution in [-0.2, 0) is 11.3 Å². The van der Waals surface area contributed by atoms with E-state index in [2.05, 4.69) is 10.6 Å². The molecule has 1 aromatic heterocycles. The number of benzene rings is 2. The third-order valence-electron chi connectivity index (χ3n) is 4.70. The number of rotatable bonds is 5. The van der Waals surface area contributed by atoms with Crippen molar-refractivity contribution in [3.8, 4) is 0 Å². The molecule has 0 radical (unpaired) electrons. The lowest BCUT2D eigenvalue weighted by Crippen LogP contribution is -2.24. The van der Waals surface area contributed by atoms with Gasteiger partial charge in [0.1, 0.15) is 5.58 Å². The zero-order valence-electron chi connectivity index (χ0n) is 15.5. The first-order chi connectivity index (χ1) is 13.5. The van der Waals surface area contributed by atoms with E-state index in [0.29, 0.717) is 16.7 Å². The number of fused-ring (bicyclic) bond motifs is 1. The topological polar surface area (TPSA) is 88.4 Å². The van der Waals surface area contributed by atoms with E-state index in [0.717, 1.165) is 24.0 Å². The minimum absolute atomic E-state index is 0.0282. The quantitative estimate of drug-likeness (QED) is 0.714. The maximum absolute atomic E-state index is 12.4. The van der Waals surface area contributed by atoms with E-state index in [-0.39, 0.29) is 29.6 Å². The van der Waals surface area contributed by atoms with E-state index in [4.69, 9.17) is 4.42 Å². The highest BCUT2D eigenvalue weighted by Gasteiger charge is 2.29. The van der Waals surface area contributed by atoms with Crippen molar-refractivity contribution < 1.29 is 14.0 Å². The molecule has 1 heterocycles. The lowest BCUT2D eigenvalue weighted by Gasteiger charge is -2.09. The minimum Gasteiger partial charge on any atom is -0.451 e. The van der Waals surface area contributed by atoms with Crippen LogP contribution in [0.15, 0.2) is 57.7 Å². The van der Waals surface area contributed by atoms with E-state index >= 15 is 0 Å². The highest BCUT2D eigenvalue weighted by atomic mass is 16.3. The van der Waals surface area contributed by atoms with Gasteiger partial charge in [0, 0.05) is 24.2 Å². The maximum Gasteiger partial charge on any atom is 0.287 e. The molecule has 1 saturated carbocycles. The van der Waals surface area contributed by atoms with Gasteiger partial charge in [0.05, 0.1) is 5.39 Å². The summed E-state index contributed by atoms with van der Waals surface area (Å²) in [5, 5.41) is 6.09. The highest BCUT2D eigenvalue weighted by Crippen LogP contribution is 2.30. The van der Waals surface area contributed by atoms with Crippen LogP contribution >= 0.6 is 0 Å². The molecular formula is C22H20N2O4. The van der Waals surface area contributed by atoms with E-state index < -0.39 is 5.91 Å². The number of aryl methyl sites for hydroxylation is 1. The Labute approximate surface area is 161 Å². The molecule has 1 fully saturated rings. The zero-order chi connectivity index (χ0) is 19.7. The summed E-state index contributed by atoms with van der Waals surface area (Å²) in [7, 11) is 0. The summed E-state index contributed by atoms with van der Waals surface area (Å²) >= 11 is 0. The number of hydrogen-bond acceptors (Lipinski definition) is 4. The van der Waals surface area contributed by atoms with Crippen LogP contribution in [0.1, 0.15) is 34.5 Å². The molecular weight excluding hydrogens is 356 g/mol. The van der Waals surface area contributed by atoms with Crippen LogP contribution in [0.5, 0.6) is 0 Å². The molecule has 28 heavy (non-hydrogen) atoms. The van der Waals surface area contributed by atoms with Crippen molar-refractivity contribution in [1.82, 2.24) is 5.32 Å². The van der Waals surface area contributed by atoms with Crippen LogP contribution in [0.2, 0.25) is 0 Å². The second-order valence-electron chi connectivity index (χ2n) is 7.12. The summed E-state index contributed by atoms with van der Waals surface area (Å²) in [4.78, 5) is 36.6. The van der Waals surface area contributed by atoms with Gasteiger partial charge < -0.3 is 15.1 Å². The summed E-state index contributed by atoms with van der Waals surface area (Å²) < 4.78 is 5.59. The smallest absolute Gasteiger partial charge is 0.287 e. The monoisotopic (exact) mass is 376 g/mol. The van der Waals surface area contributed by atoms with Crippen molar-refractivity contribution in [2.45, 2.75) is 26.3 Å². The number of carbonyl (C=O) groups excluding carboxylic acids is 2. The third kappa shape index (κ3) is 3.96. The molecule has 1 aliphatic carbocycles. The SMILES string of the molecule is Cc1ccc2oc(C(=O)NCc3cccc(NC(=O)C4CC4)c3)cc(=O)c2c1. The van der Waals surface area contributed by atoms with Gasteiger partial charge in [-0.3, -0.25) is 14.4 Å². The molecule has 2 aromatic carbocycles. The molecule has 0 saturated heterocycles. The van der Waals surface area contributed by atoms with E-state index in [1.165, 1.54) is 6.07 Å². The predicted molar refractivity (Wildman–Crippen MR) is 106 cm³/mol. The summed E-state index contributed by atoms with van der Waals surface area (Å²) in [5.74, 6) is -0.330. The maximum atomic E-state index is 12.4. The molecule has 0 spiro atoms. The van der Waals surface area contributed by atoms with Crippen molar-refractivity contribution in [2.24, 2.45) is 5.92 Å². The van der Waals surface area contributed by atoms with Crippen LogP contribution in [-0.4, -0.2) is 11.8 Å². The predicted octanol–water partition coefficient (Wildman–Crippen LogP) is 3.38. The molecule has 2 amide bonds. The molecule has 0 aliphatic heterocycles. The van der Waals surface area contributed by atoms with Gasteiger partial charge in [0.25, 0.3) is 5.91 Å². The van der Waals surface area contributed by atoms with Crippen molar-refractivity contribution in [3.05, 3.63) is 75.6 Å². The Morgan fingerprint density at radius 3 is 2.71 bits per heavy atom. The summed E-state index contributed by atoms with van der Waals surface area (Å²) in [5.41, 5.74) is 2.62. The molecule has 0 atom stereocenters. The molecule has 6 heteroatoms. The number of carbonyl (C=O) groups is 2. The van der Waals surface area contributed by atoms with Crippen LogP contribution in [0, 0.1) is 12.8 Å². The van der Waals surface area contributed by atoms with Crippen LogP contribution in [0.3, 0.4) is 0 Å². The lowest BCUT2D eigenvalue weighted by molar-refractivity contribution is -0.117. The Hall–Kier alpha value is -3.41. The van der Waals surface area contributed by atoms with Crippen molar-refractivity contribution in [2.75, 3.05) is 5.32 Å². The normalized spacial score (nSPS) is 13.3. The van der Waals surface area contributed by atoms with Crippen molar-refractivity contribution >= 4 is 28.5 Å². The Morgan fingerprint density at radius 1 is 1.11 bits per heavy atom. The van der Waals surface area contributed by atoms with Crippen molar-refractivity contribution in [1.29, 1.82) is 0 Å². The standard InChI is InChI=1S/C22H20N2O4/c1-13-5-8-19-17(9-13)18(25)11-20(28-19)22(27)23-12-14-3-2-4-16(10-14)24-21(26)15-6-7-15/h2-5,8-11,15H,6-7,12H2,1H3,(H,23,27)(H,24,26). The fraction of sp³-hybridized carbons (Fsp3) is 0.227. The minimum atomic E-state index is -0.466. The lowest BCUT2D eigenvalue weighted by atomic mass is 10.1. The van der Waals surface area contributed by atoms with Crippen LogP contribution in [0.4, 0.5) is 5.69 Å². The first-order valence-corrected chi connectivity index (χ1v) is 9.22. The second kappa shape index (κ2) is 7.31. The van der Waals surface area contributed by atoms with Gasteiger partial charge in [-0.25, -0.2) is 0 Å². The molecule has 1 aliphatic rings. The first kappa shape index (κ1) is 18.0. The number of hydrogen-bond donors (Lipinski definition) is 2. The van der Waals surface area contributed by atoms with Gasteiger partial charge in [-0.05, 0) is 49.6 Å². The Bertz CT molecular complexity index is 1130. The average molecular weight is 376 g/mol. The average Bonchev–Trinajstić information content (AvgIpc) is 3.52. The zero-order valence-corrected chi connectivity index (χ0v) is 15.5. The summed E-state index contributed by atoms with van der Waals surface area (Å²) in [6.07, 6.45) is 1.89.